The first-order valence-electron chi connectivity index (χ1n) is 7.14. The molecule has 0 radical (unpaired) electrons. The van der Waals surface area contributed by atoms with Gasteiger partial charge in [-0.1, -0.05) is 23.4 Å². The van der Waals surface area contributed by atoms with Crippen molar-refractivity contribution < 1.29 is 9.32 Å². The number of nitrogens with one attached hydrogen (secondary N) is 2. The van der Waals surface area contributed by atoms with Crippen molar-refractivity contribution in [3.63, 3.8) is 0 Å². The fraction of sp³-hybridized carbons (Fsp3) is 0.188. The summed E-state index contributed by atoms with van der Waals surface area (Å²) in [6.45, 7) is 0.452. The molecular formula is C16H16N4O2S. The van der Waals surface area contributed by atoms with Gasteiger partial charge in [-0.2, -0.15) is 4.98 Å². The average molecular weight is 328 g/mol. The number of nitrogens with zero attached hydrogens (tertiary/aromatic N) is 2. The Balaban J connectivity index is 1.57. The molecular weight excluding hydrogens is 312 g/mol. The maximum absolute atomic E-state index is 11.3. The van der Waals surface area contributed by atoms with Crippen LogP contribution in [0.4, 0.5) is 5.69 Å². The molecule has 6 nitrogen and oxygen atoms in total. The molecule has 2 aromatic heterocycles. The Hall–Kier alpha value is -2.67. The number of rotatable bonds is 6. The fourth-order valence-electron chi connectivity index (χ4n) is 2.02. The predicted octanol–water partition coefficient (Wildman–Crippen LogP) is 2.70. The maximum Gasteiger partial charge on any atom is 0.246 e. The van der Waals surface area contributed by atoms with Crippen LogP contribution in [0.25, 0.3) is 10.7 Å². The molecule has 2 heterocycles. The van der Waals surface area contributed by atoms with Crippen molar-refractivity contribution >= 4 is 22.9 Å². The van der Waals surface area contributed by atoms with E-state index in [2.05, 4.69) is 20.8 Å². The minimum atomic E-state index is -0.00215. The smallest absolute Gasteiger partial charge is 0.246 e. The van der Waals surface area contributed by atoms with E-state index in [1.807, 2.05) is 41.8 Å². The molecule has 23 heavy (non-hydrogen) atoms. The molecule has 0 aliphatic carbocycles. The van der Waals surface area contributed by atoms with Crippen molar-refractivity contribution in [3.05, 3.63) is 53.2 Å². The number of benzene rings is 1. The fourth-order valence-corrected chi connectivity index (χ4v) is 2.67. The number of amides is 1. The Kier molecular flexibility index (Phi) is 4.68. The van der Waals surface area contributed by atoms with Gasteiger partial charge in [-0.25, -0.2) is 0 Å². The summed E-state index contributed by atoms with van der Waals surface area (Å²) in [6, 6.07) is 11.6. The Morgan fingerprint density at radius 1 is 1.26 bits per heavy atom. The molecule has 0 saturated heterocycles. The minimum absolute atomic E-state index is 0.00215. The van der Waals surface area contributed by atoms with Gasteiger partial charge in [-0.05, 0) is 29.1 Å². The molecule has 0 unspecified atom stereocenters. The number of likely N-dealkylation sites (N-methyl/N-ethyl adjacent to an activating group) is 1. The zero-order valence-corrected chi connectivity index (χ0v) is 13.4. The Bertz CT molecular complexity index is 766. The van der Waals surface area contributed by atoms with Gasteiger partial charge in [-0.15, -0.1) is 11.3 Å². The van der Waals surface area contributed by atoms with Crippen molar-refractivity contribution in [2.45, 2.75) is 13.0 Å². The number of hydrogen-bond donors (Lipinski definition) is 2. The van der Waals surface area contributed by atoms with E-state index in [9.17, 15) is 4.79 Å². The third-order valence-electron chi connectivity index (χ3n) is 3.25. The van der Waals surface area contributed by atoms with Gasteiger partial charge in [0.2, 0.25) is 17.6 Å². The highest BCUT2D eigenvalue weighted by atomic mass is 32.1. The van der Waals surface area contributed by atoms with E-state index in [-0.39, 0.29) is 5.91 Å². The lowest BCUT2D eigenvalue weighted by Crippen LogP contribution is -2.19. The van der Waals surface area contributed by atoms with Crippen LogP contribution in [0, 0.1) is 0 Å². The molecule has 0 atom stereocenters. The number of carbonyl (C=O) groups is 1. The average Bonchev–Trinajstić information content (AvgIpc) is 3.25. The first kappa shape index (κ1) is 15.2. The zero-order chi connectivity index (χ0) is 16.1. The zero-order valence-electron chi connectivity index (χ0n) is 12.6. The predicted molar refractivity (Wildman–Crippen MR) is 89.2 cm³/mol. The largest absolute Gasteiger partial charge is 0.376 e. The van der Waals surface area contributed by atoms with Crippen LogP contribution in [0.5, 0.6) is 0 Å². The Morgan fingerprint density at radius 2 is 2.09 bits per heavy atom. The summed E-state index contributed by atoms with van der Waals surface area (Å²) < 4.78 is 5.23. The number of hydrogen-bond acceptors (Lipinski definition) is 6. The van der Waals surface area contributed by atoms with Crippen LogP contribution >= 0.6 is 11.3 Å². The highest BCUT2D eigenvalue weighted by molar-refractivity contribution is 7.13. The molecule has 3 aromatic rings. The van der Waals surface area contributed by atoms with Crippen molar-refractivity contribution in [2.24, 2.45) is 0 Å². The summed E-state index contributed by atoms with van der Waals surface area (Å²) in [4.78, 5) is 16.7. The summed E-state index contributed by atoms with van der Waals surface area (Å²) in [7, 11) is 1.63. The standard InChI is InChI=1S/C16H16N4O2S/c1-17-14(21)9-11-4-6-12(7-5-11)18-10-15-19-16(20-22-15)13-3-2-8-23-13/h2-8,18H,9-10H2,1H3,(H,17,21). The molecule has 1 aromatic carbocycles. The molecule has 3 rings (SSSR count). The van der Waals surface area contributed by atoms with Gasteiger partial charge in [0.15, 0.2) is 0 Å². The highest BCUT2D eigenvalue weighted by Crippen LogP contribution is 2.21. The molecule has 7 heteroatoms. The molecule has 1 amide bonds. The first-order chi connectivity index (χ1) is 11.2. The second kappa shape index (κ2) is 7.06. The van der Waals surface area contributed by atoms with Crippen LogP contribution in [-0.2, 0) is 17.8 Å². The molecule has 0 bridgehead atoms. The summed E-state index contributed by atoms with van der Waals surface area (Å²) in [5, 5.41) is 11.8. The first-order valence-corrected chi connectivity index (χ1v) is 8.02. The second-order valence-corrected chi connectivity index (χ2v) is 5.84. The molecule has 118 valence electrons. The van der Waals surface area contributed by atoms with Crippen molar-refractivity contribution in [1.29, 1.82) is 0 Å². The highest BCUT2D eigenvalue weighted by Gasteiger charge is 2.09. The number of anilines is 1. The van der Waals surface area contributed by atoms with Crippen molar-refractivity contribution in [3.8, 4) is 10.7 Å². The van der Waals surface area contributed by atoms with E-state index in [0.29, 0.717) is 24.7 Å². The lowest BCUT2D eigenvalue weighted by molar-refractivity contribution is -0.119. The van der Waals surface area contributed by atoms with Gasteiger partial charge < -0.3 is 15.2 Å². The minimum Gasteiger partial charge on any atom is -0.376 e. The van der Waals surface area contributed by atoms with Gasteiger partial charge >= 0.3 is 0 Å². The lowest BCUT2D eigenvalue weighted by Gasteiger charge is -2.05. The number of carbonyl (C=O) groups excluding carboxylic acids is 1. The molecule has 0 aliphatic heterocycles. The topological polar surface area (TPSA) is 80.0 Å². The molecule has 0 aliphatic rings. The molecule has 0 spiro atoms. The normalized spacial score (nSPS) is 10.5. The van der Waals surface area contributed by atoms with Crippen LogP contribution < -0.4 is 10.6 Å². The lowest BCUT2D eigenvalue weighted by atomic mass is 10.1. The summed E-state index contributed by atoms with van der Waals surface area (Å²) in [6.07, 6.45) is 0.380. The summed E-state index contributed by atoms with van der Waals surface area (Å²) >= 11 is 1.57. The third kappa shape index (κ3) is 3.95. The number of thiophene rings is 1. The van der Waals surface area contributed by atoms with Gasteiger partial charge in [-0.3, -0.25) is 4.79 Å². The van der Waals surface area contributed by atoms with E-state index < -0.39 is 0 Å². The summed E-state index contributed by atoms with van der Waals surface area (Å²) in [5.41, 5.74) is 1.90. The molecule has 0 fully saturated rings. The maximum atomic E-state index is 11.3. The Labute approximate surface area is 137 Å². The van der Waals surface area contributed by atoms with E-state index in [1.54, 1.807) is 18.4 Å². The van der Waals surface area contributed by atoms with Gasteiger partial charge in [0.25, 0.3) is 0 Å². The SMILES string of the molecule is CNC(=O)Cc1ccc(NCc2nc(-c3cccs3)no2)cc1. The van der Waals surface area contributed by atoms with Gasteiger partial charge in [0.05, 0.1) is 17.8 Å². The third-order valence-corrected chi connectivity index (χ3v) is 4.12. The van der Waals surface area contributed by atoms with Crippen molar-refractivity contribution in [1.82, 2.24) is 15.5 Å². The number of aromatic nitrogens is 2. The monoisotopic (exact) mass is 328 g/mol. The van der Waals surface area contributed by atoms with Crippen LogP contribution in [0.3, 0.4) is 0 Å². The quantitative estimate of drug-likeness (QED) is 0.727. The molecule has 2 N–H and O–H groups in total. The molecule has 0 saturated carbocycles. The van der Waals surface area contributed by atoms with E-state index in [4.69, 9.17) is 4.52 Å². The van der Waals surface area contributed by atoms with Crippen LogP contribution in [0.1, 0.15) is 11.5 Å². The second-order valence-electron chi connectivity index (χ2n) is 4.89. The van der Waals surface area contributed by atoms with Crippen LogP contribution in [-0.4, -0.2) is 23.1 Å². The van der Waals surface area contributed by atoms with E-state index in [0.717, 1.165) is 16.1 Å². The van der Waals surface area contributed by atoms with Crippen LogP contribution in [0.2, 0.25) is 0 Å². The van der Waals surface area contributed by atoms with E-state index in [1.165, 1.54) is 0 Å². The van der Waals surface area contributed by atoms with E-state index >= 15 is 0 Å². The van der Waals surface area contributed by atoms with Crippen molar-refractivity contribution in [2.75, 3.05) is 12.4 Å². The van der Waals surface area contributed by atoms with Crippen LogP contribution in [0.15, 0.2) is 46.3 Å². The summed E-state index contributed by atoms with van der Waals surface area (Å²) in [5.74, 6) is 1.14. The van der Waals surface area contributed by atoms with Gasteiger partial charge in [0.1, 0.15) is 0 Å². The van der Waals surface area contributed by atoms with Gasteiger partial charge in [0, 0.05) is 12.7 Å². The Morgan fingerprint density at radius 3 is 2.78 bits per heavy atom.